The van der Waals surface area contributed by atoms with E-state index in [0.29, 0.717) is 22.1 Å². The molecule has 0 saturated carbocycles. The highest BCUT2D eigenvalue weighted by atomic mass is 35.5. The molecule has 0 atom stereocenters. The van der Waals surface area contributed by atoms with Crippen LogP contribution in [0.15, 0.2) is 30.6 Å². The van der Waals surface area contributed by atoms with Gasteiger partial charge in [-0.2, -0.15) is 0 Å². The fourth-order valence-electron chi connectivity index (χ4n) is 3.36. The minimum atomic E-state index is -2.54. The van der Waals surface area contributed by atoms with E-state index in [4.69, 9.17) is 11.6 Å². The van der Waals surface area contributed by atoms with E-state index in [1.807, 2.05) is 6.07 Å². The van der Waals surface area contributed by atoms with E-state index >= 15 is 0 Å². The summed E-state index contributed by atoms with van der Waals surface area (Å²) < 4.78 is 27.5. The predicted molar refractivity (Wildman–Crippen MR) is 95.0 cm³/mol. The minimum Gasteiger partial charge on any atom is -0.371 e. The number of fused-ring (bicyclic) bond motifs is 1. The van der Waals surface area contributed by atoms with Crippen molar-refractivity contribution in [3.05, 3.63) is 46.7 Å². The summed E-state index contributed by atoms with van der Waals surface area (Å²) in [6.45, 7) is 6.09. The van der Waals surface area contributed by atoms with Gasteiger partial charge in [-0.05, 0) is 48.1 Å². The number of anilines is 1. The van der Waals surface area contributed by atoms with Gasteiger partial charge in [-0.15, -0.1) is 0 Å². The van der Waals surface area contributed by atoms with Crippen molar-refractivity contribution in [1.82, 2.24) is 4.98 Å². The van der Waals surface area contributed by atoms with Gasteiger partial charge in [0.05, 0.1) is 5.02 Å². The predicted octanol–water partition coefficient (Wildman–Crippen LogP) is 5.75. The van der Waals surface area contributed by atoms with Crippen LogP contribution < -0.4 is 4.90 Å². The zero-order valence-corrected chi connectivity index (χ0v) is 14.7. The van der Waals surface area contributed by atoms with E-state index in [2.05, 4.69) is 23.7 Å². The molecule has 24 heavy (non-hydrogen) atoms. The lowest BCUT2D eigenvalue weighted by Crippen LogP contribution is -2.32. The summed E-state index contributed by atoms with van der Waals surface area (Å²) in [7, 11) is 0. The largest absolute Gasteiger partial charge is 0.371 e. The van der Waals surface area contributed by atoms with E-state index < -0.39 is 6.43 Å². The Labute approximate surface area is 146 Å². The standard InChI is InChI=1S/C19H21ClF2N2/c1-12(2)11-24-7-3-4-13-8-15(14-5-6-23-10-17(14)20)16(19(21)22)9-18(13)24/h5-6,8-10,12,19H,3-4,7,11H2,1-2H3. The number of hydrogen-bond acceptors (Lipinski definition) is 2. The zero-order valence-electron chi connectivity index (χ0n) is 13.9. The number of aryl methyl sites for hydroxylation is 1. The summed E-state index contributed by atoms with van der Waals surface area (Å²) in [6.07, 6.45) is 2.48. The summed E-state index contributed by atoms with van der Waals surface area (Å²) >= 11 is 6.20. The van der Waals surface area contributed by atoms with Crippen molar-refractivity contribution in [3.8, 4) is 11.1 Å². The number of pyridine rings is 1. The van der Waals surface area contributed by atoms with E-state index in [-0.39, 0.29) is 5.56 Å². The molecule has 1 aromatic carbocycles. The summed E-state index contributed by atoms with van der Waals surface area (Å²) in [4.78, 5) is 6.18. The average molecular weight is 351 g/mol. The molecule has 3 rings (SSSR count). The lowest BCUT2D eigenvalue weighted by Gasteiger charge is -2.34. The number of nitrogens with zero attached hydrogens (tertiary/aromatic N) is 2. The van der Waals surface area contributed by atoms with Crippen molar-refractivity contribution in [1.29, 1.82) is 0 Å². The lowest BCUT2D eigenvalue weighted by molar-refractivity contribution is 0.152. The Hall–Kier alpha value is -1.68. The molecule has 0 radical (unpaired) electrons. The molecule has 2 nitrogen and oxygen atoms in total. The molecule has 1 aliphatic rings. The fraction of sp³-hybridized carbons (Fsp3) is 0.421. The molecule has 0 spiro atoms. The molecule has 0 amide bonds. The highest BCUT2D eigenvalue weighted by Crippen LogP contribution is 2.40. The molecular formula is C19H21ClF2N2. The third-order valence-corrected chi connectivity index (χ3v) is 4.65. The Balaban J connectivity index is 2.14. The molecule has 1 aromatic heterocycles. The van der Waals surface area contributed by atoms with Crippen LogP contribution >= 0.6 is 11.6 Å². The summed E-state index contributed by atoms with van der Waals surface area (Å²) in [5.41, 5.74) is 3.24. The van der Waals surface area contributed by atoms with Gasteiger partial charge in [0.2, 0.25) is 0 Å². The molecule has 1 aliphatic heterocycles. The van der Waals surface area contributed by atoms with Gasteiger partial charge in [-0.3, -0.25) is 4.98 Å². The smallest absolute Gasteiger partial charge is 0.264 e. The van der Waals surface area contributed by atoms with Crippen molar-refractivity contribution in [2.45, 2.75) is 33.1 Å². The first-order chi connectivity index (χ1) is 11.5. The first-order valence-corrected chi connectivity index (χ1v) is 8.65. The van der Waals surface area contributed by atoms with Gasteiger partial charge in [0.1, 0.15) is 0 Å². The summed E-state index contributed by atoms with van der Waals surface area (Å²) in [5, 5.41) is 0.397. The summed E-state index contributed by atoms with van der Waals surface area (Å²) in [5.74, 6) is 0.486. The molecule has 2 aromatic rings. The Morgan fingerprint density at radius 3 is 2.71 bits per heavy atom. The SMILES string of the molecule is CC(C)CN1CCCc2cc(-c3ccncc3Cl)c(C(F)F)cc21. The number of rotatable bonds is 4. The lowest BCUT2D eigenvalue weighted by atomic mass is 9.92. The number of hydrogen-bond donors (Lipinski definition) is 0. The monoisotopic (exact) mass is 350 g/mol. The third kappa shape index (κ3) is 3.39. The zero-order chi connectivity index (χ0) is 17.3. The topological polar surface area (TPSA) is 16.1 Å². The van der Waals surface area contributed by atoms with E-state index in [1.165, 1.54) is 6.20 Å². The van der Waals surface area contributed by atoms with Crippen molar-refractivity contribution in [2.24, 2.45) is 5.92 Å². The van der Waals surface area contributed by atoms with Crippen LogP contribution in [0, 0.1) is 5.92 Å². The highest BCUT2D eigenvalue weighted by Gasteiger charge is 2.24. The molecule has 0 saturated heterocycles. The average Bonchev–Trinajstić information content (AvgIpc) is 2.54. The molecule has 0 unspecified atom stereocenters. The van der Waals surface area contributed by atoms with Crippen molar-refractivity contribution < 1.29 is 8.78 Å². The van der Waals surface area contributed by atoms with E-state index in [1.54, 1.807) is 18.3 Å². The van der Waals surface area contributed by atoms with Crippen LogP contribution in [0.5, 0.6) is 0 Å². The van der Waals surface area contributed by atoms with Crippen molar-refractivity contribution >= 4 is 17.3 Å². The quantitative estimate of drug-likeness (QED) is 0.698. The van der Waals surface area contributed by atoms with Gasteiger partial charge >= 0.3 is 0 Å². The normalized spacial score (nSPS) is 14.4. The van der Waals surface area contributed by atoms with Gasteiger partial charge in [-0.1, -0.05) is 25.4 Å². The molecule has 0 fully saturated rings. The Bertz CT molecular complexity index is 731. The molecule has 128 valence electrons. The van der Waals surface area contributed by atoms with Crippen LogP contribution in [0.25, 0.3) is 11.1 Å². The van der Waals surface area contributed by atoms with Gasteiger partial charge in [-0.25, -0.2) is 8.78 Å². The molecule has 5 heteroatoms. The molecular weight excluding hydrogens is 330 g/mol. The second-order valence-corrected chi connectivity index (χ2v) is 7.08. The van der Waals surface area contributed by atoms with Gasteiger partial charge < -0.3 is 4.90 Å². The van der Waals surface area contributed by atoms with Crippen molar-refractivity contribution in [2.75, 3.05) is 18.0 Å². The Morgan fingerprint density at radius 2 is 2.04 bits per heavy atom. The van der Waals surface area contributed by atoms with Crippen LogP contribution in [0.3, 0.4) is 0 Å². The maximum absolute atomic E-state index is 13.7. The minimum absolute atomic E-state index is 0.0394. The number of aromatic nitrogens is 1. The molecule has 0 N–H and O–H groups in total. The highest BCUT2D eigenvalue weighted by molar-refractivity contribution is 6.33. The van der Waals surface area contributed by atoms with E-state index in [0.717, 1.165) is 37.2 Å². The molecule has 0 bridgehead atoms. The van der Waals surface area contributed by atoms with Crippen LogP contribution in [0.4, 0.5) is 14.5 Å². The first kappa shape index (κ1) is 17.2. The van der Waals surface area contributed by atoms with Crippen LogP contribution in [0.1, 0.15) is 37.8 Å². The molecule has 0 aliphatic carbocycles. The Morgan fingerprint density at radius 1 is 1.25 bits per heavy atom. The Kier molecular flexibility index (Phi) is 5.04. The van der Waals surface area contributed by atoms with E-state index in [9.17, 15) is 8.78 Å². The number of halogens is 3. The third-order valence-electron chi connectivity index (χ3n) is 4.35. The number of benzene rings is 1. The number of alkyl halides is 2. The first-order valence-electron chi connectivity index (χ1n) is 8.27. The fourth-order valence-corrected chi connectivity index (χ4v) is 3.58. The van der Waals surface area contributed by atoms with Crippen molar-refractivity contribution in [3.63, 3.8) is 0 Å². The maximum atomic E-state index is 13.7. The van der Waals surface area contributed by atoms with Crippen LogP contribution in [-0.4, -0.2) is 18.1 Å². The summed E-state index contributed by atoms with van der Waals surface area (Å²) in [6, 6.07) is 5.25. The van der Waals surface area contributed by atoms with Gasteiger partial charge in [0, 0.05) is 42.3 Å². The second-order valence-electron chi connectivity index (χ2n) is 6.67. The van der Waals surface area contributed by atoms with Gasteiger partial charge in [0.25, 0.3) is 6.43 Å². The molecule has 2 heterocycles. The van der Waals surface area contributed by atoms with Crippen LogP contribution in [-0.2, 0) is 6.42 Å². The maximum Gasteiger partial charge on any atom is 0.264 e. The second kappa shape index (κ2) is 7.06. The van der Waals surface area contributed by atoms with Crippen LogP contribution in [0.2, 0.25) is 5.02 Å². The van der Waals surface area contributed by atoms with Gasteiger partial charge in [0.15, 0.2) is 0 Å².